The summed E-state index contributed by atoms with van der Waals surface area (Å²) in [5.41, 5.74) is 2.25. The van der Waals surface area contributed by atoms with Crippen molar-refractivity contribution >= 4 is 10.9 Å². The zero-order chi connectivity index (χ0) is 10.8. The average molecular weight is 206 g/mol. The predicted octanol–water partition coefficient (Wildman–Crippen LogP) is 2.43. The molecule has 80 valence electrons. The molecule has 2 rings (SSSR count). The summed E-state index contributed by atoms with van der Waals surface area (Å²) in [6, 6.07) is 6.92. The number of hydrogen-bond donors (Lipinski definition) is 1. The molecular formula is C12H15FN2. The van der Waals surface area contributed by atoms with Crippen molar-refractivity contribution in [3.05, 3.63) is 35.8 Å². The molecular weight excluding hydrogens is 191 g/mol. The van der Waals surface area contributed by atoms with Gasteiger partial charge in [-0.25, -0.2) is 4.39 Å². The Morgan fingerprint density at radius 3 is 2.87 bits per heavy atom. The van der Waals surface area contributed by atoms with Crippen LogP contribution in [0, 0.1) is 5.82 Å². The van der Waals surface area contributed by atoms with Crippen LogP contribution in [0.4, 0.5) is 4.39 Å². The van der Waals surface area contributed by atoms with Crippen LogP contribution in [0.3, 0.4) is 0 Å². The highest BCUT2D eigenvalue weighted by Gasteiger charge is 2.05. The Kier molecular flexibility index (Phi) is 2.73. The van der Waals surface area contributed by atoms with E-state index < -0.39 is 0 Å². The molecule has 0 bridgehead atoms. The average Bonchev–Trinajstić information content (AvgIpc) is 2.52. The molecule has 1 aromatic carbocycles. The molecule has 0 amide bonds. The van der Waals surface area contributed by atoms with Gasteiger partial charge in [0, 0.05) is 30.2 Å². The van der Waals surface area contributed by atoms with Crippen molar-refractivity contribution in [3.63, 3.8) is 0 Å². The number of halogens is 1. The van der Waals surface area contributed by atoms with Crippen molar-refractivity contribution in [2.24, 2.45) is 7.05 Å². The largest absolute Gasteiger partial charge is 0.346 e. The summed E-state index contributed by atoms with van der Waals surface area (Å²) in [6.45, 7) is 3.83. The van der Waals surface area contributed by atoms with Gasteiger partial charge in [0.1, 0.15) is 5.82 Å². The fourth-order valence-electron chi connectivity index (χ4n) is 1.80. The first kappa shape index (κ1) is 10.2. The van der Waals surface area contributed by atoms with E-state index in [1.807, 2.05) is 19.2 Å². The van der Waals surface area contributed by atoms with E-state index in [1.54, 1.807) is 6.07 Å². The van der Waals surface area contributed by atoms with E-state index in [2.05, 4.69) is 16.8 Å². The van der Waals surface area contributed by atoms with Crippen molar-refractivity contribution in [1.29, 1.82) is 0 Å². The predicted molar refractivity (Wildman–Crippen MR) is 60.3 cm³/mol. The number of fused-ring (bicyclic) bond motifs is 1. The number of aryl methyl sites for hydroxylation is 1. The van der Waals surface area contributed by atoms with Crippen LogP contribution >= 0.6 is 0 Å². The lowest BCUT2D eigenvalue weighted by molar-refractivity contribution is 0.629. The second-order valence-electron chi connectivity index (χ2n) is 3.68. The molecule has 0 saturated carbocycles. The third kappa shape index (κ3) is 1.88. The van der Waals surface area contributed by atoms with Gasteiger partial charge in [0.2, 0.25) is 0 Å². The molecule has 0 atom stereocenters. The van der Waals surface area contributed by atoms with Gasteiger partial charge in [-0.3, -0.25) is 0 Å². The molecule has 0 unspecified atom stereocenters. The fraction of sp³-hybridized carbons (Fsp3) is 0.333. The molecule has 2 nitrogen and oxygen atoms in total. The second kappa shape index (κ2) is 4.03. The Bertz CT molecular complexity index is 474. The van der Waals surface area contributed by atoms with Gasteiger partial charge in [0.25, 0.3) is 0 Å². The van der Waals surface area contributed by atoms with Crippen molar-refractivity contribution in [1.82, 2.24) is 9.88 Å². The maximum atomic E-state index is 13.0. The van der Waals surface area contributed by atoms with Crippen molar-refractivity contribution < 1.29 is 4.39 Å². The first-order chi connectivity index (χ1) is 7.22. The summed E-state index contributed by atoms with van der Waals surface area (Å²) in [5.74, 6) is -0.178. The normalized spacial score (nSPS) is 11.1. The molecule has 1 aromatic heterocycles. The molecule has 0 aliphatic heterocycles. The van der Waals surface area contributed by atoms with Gasteiger partial charge in [-0.15, -0.1) is 0 Å². The summed E-state index contributed by atoms with van der Waals surface area (Å²) >= 11 is 0. The highest BCUT2D eigenvalue weighted by molar-refractivity contribution is 5.81. The summed E-state index contributed by atoms with van der Waals surface area (Å²) in [7, 11) is 2.01. The van der Waals surface area contributed by atoms with Gasteiger partial charge in [0.05, 0.1) is 0 Å². The van der Waals surface area contributed by atoms with Crippen LogP contribution in [0.15, 0.2) is 24.3 Å². The molecule has 15 heavy (non-hydrogen) atoms. The minimum absolute atomic E-state index is 0.178. The summed E-state index contributed by atoms with van der Waals surface area (Å²) in [6.07, 6.45) is 0. The minimum atomic E-state index is -0.178. The number of hydrogen-bond acceptors (Lipinski definition) is 1. The molecule has 0 radical (unpaired) electrons. The maximum absolute atomic E-state index is 13.0. The van der Waals surface area contributed by atoms with E-state index in [0.717, 1.165) is 24.0 Å². The van der Waals surface area contributed by atoms with Crippen LogP contribution < -0.4 is 5.32 Å². The van der Waals surface area contributed by atoms with Crippen LogP contribution in [0.5, 0.6) is 0 Å². The third-order valence-corrected chi connectivity index (χ3v) is 2.66. The molecule has 0 aliphatic rings. The Labute approximate surface area is 88.7 Å². The van der Waals surface area contributed by atoms with Crippen LogP contribution in [0.25, 0.3) is 10.9 Å². The number of aromatic nitrogens is 1. The molecule has 2 aromatic rings. The summed E-state index contributed by atoms with van der Waals surface area (Å²) < 4.78 is 15.1. The van der Waals surface area contributed by atoms with E-state index in [1.165, 1.54) is 11.8 Å². The minimum Gasteiger partial charge on any atom is -0.346 e. The number of nitrogens with zero attached hydrogens (tertiary/aromatic N) is 1. The lowest BCUT2D eigenvalue weighted by Crippen LogP contribution is -2.14. The Balaban J connectivity index is 2.44. The highest BCUT2D eigenvalue weighted by Crippen LogP contribution is 2.19. The van der Waals surface area contributed by atoms with Gasteiger partial charge >= 0.3 is 0 Å². The first-order valence-electron chi connectivity index (χ1n) is 5.17. The van der Waals surface area contributed by atoms with Gasteiger partial charge in [-0.05, 0) is 30.8 Å². The lowest BCUT2D eigenvalue weighted by Gasteiger charge is -2.04. The van der Waals surface area contributed by atoms with Crippen LogP contribution in [0.1, 0.15) is 12.6 Å². The number of rotatable bonds is 3. The van der Waals surface area contributed by atoms with Crippen LogP contribution in [0.2, 0.25) is 0 Å². The second-order valence-corrected chi connectivity index (χ2v) is 3.68. The zero-order valence-corrected chi connectivity index (χ0v) is 9.05. The van der Waals surface area contributed by atoms with Crippen LogP contribution in [-0.4, -0.2) is 11.1 Å². The van der Waals surface area contributed by atoms with Crippen LogP contribution in [-0.2, 0) is 13.6 Å². The lowest BCUT2D eigenvalue weighted by atomic mass is 10.2. The molecule has 0 aliphatic carbocycles. The van der Waals surface area contributed by atoms with Gasteiger partial charge in [-0.1, -0.05) is 6.92 Å². The standard InChI is InChI=1S/C12H15FN2/c1-3-14-8-11-7-9-6-10(13)4-5-12(9)15(11)2/h4-7,14H,3,8H2,1-2H3. The Hall–Kier alpha value is -1.35. The SMILES string of the molecule is CCNCc1cc2cc(F)ccc2n1C. The van der Waals surface area contributed by atoms with Crippen molar-refractivity contribution in [2.75, 3.05) is 6.54 Å². The third-order valence-electron chi connectivity index (χ3n) is 2.66. The Morgan fingerprint density at radius 2 is 2.13 bits per heavy atom. The molecule has 3 heteroatoms. The first-order valence-corrected chi connectivity index (χ1v) is 5.17. The molecule has 1 heterocycles. The molecule has 0 spiro atoms. The van der Waals surface area contributed by atoms with E-state index in [9.17, 15) is 4.39 Å². The topological polar surface area (TPSA) is 17.0 Å². The van der Waals surface area contributed by atoms with Gasteiger partial charge in [0.15, 0.2) is 0 Å². The highest BCUT2D eigenvalue weighted by atomic mass is 19.1. The van der Waals surface area contributed by atoms with Gasteiger partial charge < -0.3 is 9.88 Å². The zero-order valence-electron chi connectivity index (χ0n) is 9.05. The monoisotopic (exact) mass is 206 g/mol. The summed E-state index contributed by atoms with van der Waals surface area (Å²) in [5, 5.41) is 4.23. The van der Waals surface area contributed by atoms with Crippen molar-refractivity contribution in [3.8, 4) is 0 Å². The quantitative estimate of drug-likeness (QED) is 0.816. The number of benzene rings is 1. The molecule has 0 fully saturated rings. The van der Waals surface area contributed by atoms with E-state index in [-0.39, 0.29) is 5.82 Å². The Morgan fingerprint density at radius 1 is 1.33 bits per heavy atom. The smallest absolute Gasteiger partial charge is 0.123 e. The number of nitrogens with one attached hydrogen (secondary N) is 1. The fourth-order valence-corrected chi connectivity index (χ4v) is 1.80. The summed E-state index contributed by atoms with van der Waals surface area (Å²) in [4.78, 5) is 0. The van der Waals surface area contributed by atoms with E-state index in [0.29, 0.717) is 0 Å². The van der Waals surface area contributed by atoms with E-state index >= 15 is 0 Å². The van der Waals surface area contributed by atoms with Gasteiger partial charge in [-0.2, -0.15) is 0 Å². The van der Waals surface area contributed by atoms with Crippen molar-refractivity contribution in [2.45, 2.75) is 13.5 Å². The maximum Gasteiger partial charge on any atom is 0.123 e. The molecule has 0 saturated heterocycles. The molecule has 1 N–H and O–H groups in total. The van der Waals surface area contributed by atoms with E-state index in [4.69, 9.17) is 0 Å².